The Morgan fingerprint density at radius 2 is 1.27 bits per heavy atom. The van der Waals surface area contributed by atoms with Gasteiger partial charge in [-0.1, -0.05) is 179 Å². The molecule has 0 aliphatic heterocycles. The number of terminal acetylenes is 1. The van der Waals surface area contributed by atoms with Gasteiger partial charge in [-0.25, -0.2) is 0 Å². The van der Waals surface area contributed by atoms with Crippen LogP contribution < -0.4 is 0 Å². The highest BCUT2D eigenvalue weighted by Gasteiger charge is 2.16. The van der Waals surface area contributed by atoms with Gasteiger partial charge in [0.2, 0.25) is 0 Å². The van der Waals surface area contributed by atoms with Crippen LogP contribution in [-0.4, -0.2) is 5.71 Å². The maximum Gasteiger partial charge on any atom is 0.0633 e. The number of nitrogens with zero attached hydrogens (tertiary/aromatic N) is 1. The van der Waals surface area contributed by atoms with Gasteiger partial charge in [0.25, 0.3) is 0 Å². The standard InChI is InChI=1S/C29H28.C17H17N.C2H2/c1-4-7-14-22(6-3)28-24-16-8-10-18-26(24)29(27-19-11-9-17-25(27)28)23-15-12-13-21(5-2)20-23;1-13-9-11-17(12-10-13)15(3)18-14(2)16-7-5-4-6-8-16;1-2/h6,8-20H,3-5,7H2,1-2H3;4-12H,2H2,1,3H3;1-2H/b22-14+;;. The summed E-state index contributed by atoms with van der Waals surface area (Å²) >= 11 is 0. The molecule has 6 rings (SSSR count). The highest BCUT2D eigenvalue weighted by atomic mass is 14.7. The second-order valence-electron chi connectivity index (χ2n) is 11.9. The molecule has 6 aromatic carbocycles. The zero-order valence-electron chi connectivity index (χ0n) is 29.4. The number of hydrogen-bond donors (Lipinski definition) is 0. The van der Waals surface area contributed by atoms with Crippen molar-refractivity contribution in [3.05, 3.63) is 181 Å². The zero-order chi connectivity index (χ0) is 35.2. The number of benzene rings is 6. The first-order valence-electron chi connectivity index (χ1n) is 17.0. The predicted molar refractivity (Wildman–Crippen MR) is 218 cm³/mol. The Kier molecular flexibility index (Phi) is 13.3. The van der Waals surface area contributed by atoms with Crippen LogP contribution in [0.5, 0.6) is 0 Å². The Bertz CT molecular complexity index is 2050. The summed E-state index contributed by atoms with van der Waals surface area (Å²) in [6.07, 6.45) is 15.6. The molecule has 0 aliphatic carbocycles. The number of fused-ring (bicyclic) bond motifs is 2. The molecule has 244 valence electrons. The van der Waals surface area contributed by atoms with Crippen molar-refractivity contribution >= 4 is 38.5 Å². The topological polar surface area (TPSA) is 12.4 Å². The predicted octanol–water partition coefficient (Wildman–Crippen LogP) is 13.3. The van der Waals surface area contributed by atoms with Crippen LogP contribution >= 0.6 is 0 Å². The first-order valence-corrected chi connectivity index (χ1v) is 17.0. The van der Waals surface area contributed by atoms with Crippen molar-refractivity contribution in [1.29, 1.82) is 0 Å². The van der Waals surface area contributed by atoms with Crippen LogP contribution in [0.25, 0.3) is 43.9 Å². The van der Waals surface area contributed by atoms with Gasteiger partial charge < -0.3 is 0 Å². The Hall–Kier alpha value is -5.71. The first-order chi connectivity index (χ1) is 23.9. The Balaban J connectivity index is 0.000000232. The van der Waals surface area contributed by atoms with Crippen LogP contribution in [0.3, 0.4) is 0 Å². The largest absolute Gasteiger partial charge is 0.253 e. The molecule has 0 atom stereocenters. The van der Waals surface area contributed by atoms with Gasteiger partial charge in [0.15, 0.2) is 0 Å². The van der Waals surface area contributed by atoms with E-state index >= 15 is 0 Å². The van der Waals surface area contributed by atoms with Gasteiger partial charge in [-0.2, -0.15) is 0 Å². The van der Waals surface area contributed by atoms with E-state index in [-0.39, 0.29) is 0 Å². The average Bonchev–Trinajstić information content (AvgIpc) is 3.16. The Morgan fingerprint density at radius 3 is 1.82 bits per heavy atom. The lowest BCUT2D eigenvalue weighted by Gasteiger charge is -2.18. The molecule has 49 heavy (non-hydrogen) atoms. The van der Waals surface area contributed by atoms with E-state index in [1.165, 1.54) is 54.9 Å². The molecule has 1 nitrogen and oxygen atoms in total. The molecule has 0 fully saturated rings. The Labute approximate surface area is 294 Å². The van der Waals surface area contributed by atoms with Gasteiger partial charge in [-0.05, 0) is 87.2 Å². The first kappa shape index (κ1) is 36.1. The average molecular weight is 638 g/mol. The molecular weight excluding hydrogens is 591 g/mol. The van der Waals surface area contributed by atoms with Gasteiger partial charge in [-0.15, -0.1) is 12.8 Å². The molecule has 0 heterocycles. The van der Waals surface area contributed by atoms with Crippen molar-refractivity contribution in [1.82, 2.24) is 0 Å². The van der Waals surface area contributed by atoms with E-state index in [0.717, 1.165) is 41.8 Å². The molecule has 0 saturated heterocycles. The fourth-order valence-corrected chi connectivity index (χ4v) is 6.04. The van der Waals surface area contributed by atoms with E-state index in [4.69, 9.17) is 0 Å². The van der Waals surface area contributed by atoms with Crippen molar-refractivity contribution in [2.24, 2.45) is 4.99 Å². The van der Waals surface area contributed by atoms with Crippen LogP contribution in [0.4, 0.5) is 0 Å². The number of aliphatic imine (C=N–C) groups is 1. The van der Waals surface area contributed by atoms with E-state index in [1.54, 1.807) is 0 Å². The second kappa shape index (κ2) is 18.0. The lowest BCUT2D eigenvalue weighted by Crippen LogP contribution is -1.95. The number of hydrogen-bond acceptors (Lipinski definition) is 1. The molecule has 0 spiro atoms. The van der Waals surface area contributed by atoms with Crippen molar-refractivity contribution in [2.45, 2.75) is 47.0 Å². The maximum atomic E-state index is 4.57. The van der Waals surface area contributed by atoms with Gasteiger partial charge in [0.1, 0.15) is 0 Å². The van der Waals surface area contributed by atoms with Crippen LogP contribution in [0.1, 0.15) is 61.4 Å². The molecule has 0 amide bonds. The third-order valence-electron chi connectivity index (χ3n) is 8.60. The summed E-state index contributed by atoms with van der Waals surface area (Å²) in [5, 5.41) is 5.20. The summed E-state index contributed by atoms with van der Waals surface area (Å²) in [5.74, 6) is 0. The third-order valence-corrected chi connectivity index (χ3v) is 8.60. The Morgan fingerprint density at radius 1 is 0.694 bits per heavy atom. The molecule has 6 aromatic rings. The van der Waals surface area contributed by atoms with E-state index in [9.17, 15) is 0 Å². The molecule has 1 heteroatoms. The summed E-state index contributed by atoms with van der Waals surface area (Å²) in [7, 11) is 0. The van der Waals surface area contributed by atoms with Crippen molar-refractivity contribution in [3.8, 4) is 24.0 Å². The van der Waals surface area contributed by atoms with Crippen LogP contribution in [0.2, 0.25) is 0 Å². The molecule has 0 unspecified atom stereocenters. The van der Waals surface area contributed by atoms with Gasteiger partial charge in [0.05, 0.1) is 5.70 Å². The summed E-state index contributed by atoms with van der Waals surface area (Å²) in [4.78, 5) is 4.57. The highest BCUT2D eigenvalue weighted by Crippen LogP contribution is 2.42. The van der Waals surface area contributed by atoms with Gasteiger partial charge in [-0.3, -0.25) is 4.99 Å². The van der Waals surface area contributed by atoms with E-state index < -0.39 is 0 Å². The van der Waals surface area contributed by atoms with Gasteiger partial charge in [0, 0.05) is 5.71 Å². The van der Waals surface area contributed by atoms with E-state index in [0.29, 0.717) is 0 Å². The second-order valence-corrected chi connectivity index (χ2v) is 11.9. The van der Waals surface area contributed by atoms with Crippen molar-refractivity contribution in [2.75, 3.05) is 0 Å². The number of aryl methyl sites for hydroxylation is 2. The quantitative estimate of drug-likeness (QED) is 0.0647. The summed E-state index contributed by atoms with van der Waals surface area (Å²) in [6.45, 7) is 16.7. The number of allylic oxidation sites excluding steroid dienone is 3. The van der Waals surface area contributed by atoms with Crippen LogP contribution in [-0.2, 0) is 6.42 Å². The van der Waals surface area contributed by atoms with Gasteiger partial charge >= 0.3 is 0 Å². The summed E-state index contributed by atoms with van der Waals surface area (Å²) < 4.78 is 0. The van der Waals surface area contributed by atoms with E-state index in [2.05, 4.69) is 155 Å². The molecule has 0 saturated carbocycles. The molecule has 0 aromatic heterocycles. The number of rotatable bonds is 9. The SMILES string of the molecule is C#C.C=C(N=C(C)c1ccc(C)cc1)c1ccccc1.C=C/C(=C\CCC)c1c2ccccc2c(-c2cccc(CC)c2)c2ccccc12. The third kappa shape index (κ3) is 8.81. The lowest BCUT2D eigenvalue weighted by molar-refractivity contribution is 0.961. The molecular formula is C48H47N. The lowest BCUT2D eigenvalue weighted by atomic mass is 9.85. The molecule has 0 bridgehead atoms. The minimum Gasteiger partial charge on any atom is -0.253 e. The summed E-state index contributed by atoms with van der Waals surface area (Å²) in [5.41, 5.74) is 11.8. The number of unbranched alkanes of at least 4 members (excludes halogenated alkanes) is 1. The summed E-state index contributed by atoms with van der Waals surface area (Å²) in [6, 6.07) is 45.0. The van der Waals surface area contributed by atoms with Crippen LogP contribution in [0.15, 0.2) is 158 Å². The highest BCUT2D eigenvalue weighted by molar-refractivity contribution is 6.19. The van der Waals surface area contributed by atoms with Crippen LogP contribution in [0, 0.1) is 19.8 Å². The zero-order valence-corrected chi connectivity index (χ0v) is 29.4. The normalized spacial score (nSPS) is 11.2. The molecule has 0 N–H and O–H groups in total. The minimum absolute atomic E-state index is 0.800. The van der Waals surface area contributed by atoms with Crippen molar-refractivity contribution < 1.29 is 0 Å². The molecule has 0 aliphatic rings. The monoisotopic (exact) mass is 637 g/mol. The van der Waals surface area contributed by atoms with Crippen molar-refractivity contribution in [3.63, 3.8) is 0 Å². The fraction of sp³-hybridized carbons (Fsp3) is 0.146. The minimum atomic E-state index is 0.800. The maximum absolute atomic E-state index is 4.57. The smallest absolute Gasteiger partial charge is 0.0633 e. The molecule has 0 radical (unpaired) electrons. The fourth-order valence-electron chi connectivity index (χ4n) is 6.04. The van der Waals surface area contributed by atoms with E-state index in [1.807, 2.05) is 43.3 Å².